The normalized spacial score (nSPS) is 18.7. The number of hydrogen-bond acceptors (Lipinski definition) is 7. The Hall–Kier alpha value is -4.07. The molecule has 3 atom stereocenters. The molecule has 2 heterocycles. The van der Waals surface area contributed by atoms with Crippen molar-refractivity contribution in [3.05, 3.63) is 77.5 Å². The SMILES string of the molecule is CC[C@@H](Cc1cccc(OC[C@H]2CCN(c3cc(OC)ccc3C(=O)Nc3ncccc3CC(C)(C)C)C[C@H]2C)c1)C(=O)OC1CC1. The molecule has 1 aliphatic carbocycles. The Bertz CT molecular complexity index is 1530. The van der Waals surface area contributed by atoms with Crippen LogP contribution < -0.4 is 19.7 Å². The fourth-order valence-electron chi connectivity index (χ4n) is 6.28. The third kappa shape index (κ3) is 9.49. The molecular weight excluding hydrogens is 590 g/mol. The van der Waals surface area contributed by atoms with Crippen LogP contribution in [0.4, 0.5) is 11.5 Å². The van der Waals surface area contributed by atoms with Gasteiger partial charge in [-0.3, -0.25) is 9.59 Å². The minimum atomic E-state index is -0.180. The predicted octanol–water partition coefficient (Wildman–Crippen LogP) is 7.75. The van der Waals surface area contributed by atoms with Crippen molar-refractivity contribution in [3.63, 3.8) is 0 Å². The maximum absolute atomic E-state index is 13.7. The highest BCUT2D eigenvalue weighted by atomic mass is 16.5. The topological polar surface area (TPSA) is 90.0 Å². The van der Waals surface area contributed by atoms with Gasteiger partial charge in [0.05, 0.1) is 30.9 Å². The summed E-state index contributed by atoms with van der Waals surface area (Å²) in [6, 6.07) is 17.7. The predicted molar refractivity (Wildman–Crippen MR) is 186 cm³/mol. The Morgan fingerprint density at radius 1 is 1.04 bits per heavy atom. The molecule has 252 valence electrons. The lowest BCUT2D eigenvalue weighted by molar-refractivity contribution is -0.149. The van der Waals surface area contributed by atoms with Crippen molar-refractivity contribution < 1.29 is 23.8 Å². The van der Waals surface area contributed by atoms with Gasteiger partial charge in [0.15, 0.2) is 0 Å². The lowest BCUT2D eigenvalue weighted by Crippen LogP contribution is -2.42. The zero-order valence-corrected chi connectivity index (χ0v) is 28.9. The van der Waals surface area contributed by atoms with Crippen LogP contribution in [-0.4, -0.2) is 49.8 Å². The van der Waals surface area contributed by atoms with E-state index in [4.69, 9.17) is 14.2 Å². The second-order valence-electron chi connectivity index (χ2n) is 14.5. The maximum Gasteiger partial charge on any atom is 0.309 e. The van der Waals surface area contributed by atoms with E-state index < -0.39 is 0 Å². The monoisotopic (exact) mass is 641 g/mol. The van der Waals surface area contributed by atoms with Crippen molar-refractivity contribution in [2.75, 3.05) is 37.0 Å². The number of ether oxygens (including phenoxy) is 3. The van der Waals surface area contributed by atoms with Gasteiger partial charge in [-0.15, -0.1) is 0 Å². The van der Waals surface area contributed by atoms with Crippen molar-refractivity contribution in [1.29, 1.82) is 0 Å². The largest absolute Gasteiger partial charge is 0.497 e. The van der Waals surface area contributed by atoms with Gasteiger partial charge in [0, 0.05) is 25.4 Å². The molecule has 1 amide bonds. The number of pyridine rings is 1. The minimum absolute atomic E-state index is 0.0594. The molecule has 1 saturated carbocycles. The van der Waals surface area contributed by atoms with Crippen LogP contribution in [-0.2, 0) is 22.4 Å². The number of carbonyl (C=O) groups is 2. The van der Waals surface area contributed by atoms with E-state index in [0.29, 0.717) is 42.0 Å². The molecule has 8 nitrogen and oxygen atoms in total. The number of nitrogens with zero attached hydrogens (tertiary/aromatic N) is 2. The highest BCUT2D eigenvalue weighted by Gasteiger charge is 2.31. The van der Waals surface area contributed by atoms with E-state index >= 15 is 0 Å². The summed E-state index contributed by atoms with van der Waals surface area (Å²) in [5.41, 5.74) is 3.63. The number of amides is 1. The molecule has 1 aliphatic heterocycles. The fraction of sp³-hybridized carbons (Fsp3) is 0.513. The van der Waals surface area contributed by atoms with E-state index in [9.17, 15) is 9.59 Å². The zero-order valence-electron chi connectivity index (χ0n) is 28.9. The average Bonchev–Trinajstić information content (AvgIpc) is 3.87. The molecule has 3 aromatic rings. The Morgan fingerprint density at radius 2 is 1.85 bits per heavy atom. The molecule has 0 bridgehead atoms. The van der Waals surface area contributed by atoms with Crippen LogP contribution in [0.1, 0.15) is 81.8 Å². The highest BCUT2D eigenvalue weighted by Crippen LogP contribution is 2.34. The molecule has 1 N–H and O–H groups in total. The van der Waals surface area contributed by atoms with E-state index in [1.165, 1.54) is 0 Å². The number of aromatic nitrogens is 1. The van der Waals surface area contributed by atoms with E-state index in [-0.39, 0.29) is 29.3 Å². The van der Waals surface area contributed by atoms with Crippen molar-refractivity contribution in [2.24, 2.45) is 23.2 Å². The summed E-state index contributed by atoms with van der Waals surface area (Å²) in [5.74, 6) is 2.45. The van der Waals surface area contributed by atoms with Crippen LogP contribution in [0.5, 0.6) is 11.5 Å². The molecule has 0 spiro atoms. The van der Waals surface area contributed by atoms with Gasteiger partial charge in [0.25, 0.3) is 5.91 Å². The summed E-state index contributed by atoms with van der Waals surface area (Å²) in [6.45, 7) is 13.0. The van der Waals surface area contributed by atoms with E-state index in [1.54, 1.807) is 13.3 Å². The van der Waals surface area contributed by atoms with Gasteiger partial charge in [-0.05, 0) is 97.2 Å². The number of benzene rings is 2. The van der Waals surface area contributed by atoms with E-state index in [0.717, 1.165) is 67.8 Å². The molecule has 1 saturated heterocycles. The van der Waals surface area contributed by atoms with Gasteiger partial charge in [-0.1, -0.05) is 52.8 Å². The van der Waals surface area contributed by atoms with Gasteiger partial charge in [0.1, 0.15) is 23.4 Å². The number of methoxy groups -OCH3 is 1. The molecule has 47 heavy (non-hydrogen) atoms. The number of hydrogen-bond donors (Lipinski definition) is 1. The molecule has 1 aromatic heterocycles. The first-order valence-electron chi connectivity index (χ1n) is 17.1. The Balaban J connectivity index is 1.22. The minimum Gasteiger partial charge on any atom is -0.497 e. The molecule has 8 heteroatoms. The van der Waals surface area contributed by atoms with Crippen molar-refractivity contribution in [2.45, 2.75) is 79.2 Å². The van der Waals surface area contributed by atoms with Gasteiger partial charge < -0.3 is 24.4 Å². The quantitative estimate of drug-likeness (QED) is 0.191. The van der Waals surface area contributed by atoms with E-state index in [2.05, 4.69) is 55.0 Å². The number of rotatable bonds is 13. The molecule has 0 radical (unpaired) electrons. The number of carbonyl (C=O) groups excluding carboxylic acids is 2. The molecule has 2 aromatic carbocycles. The number of nitrogens with one attached hydrogen (secondary N) is 1. The summed E-state index contributed by atoms with van der Waals surface area (Å²) in [6.07, 6.45) is 6.97. The van der Waals surface area contributed by atoms with Crippen LogP contribution in [0.25, 0.3) is 0 Å². The van der Waals surface area contributed by atoms with Crippen molar-refractivity contribution >= 4 is 23.4 Å². The smallest absolute Gasteiger partial charge is 0.309 e. The highest BCUT2D eigenvalue weighted by molar-refractivity contribution is 6.08. The summed E-state index contributed by atoms with van der Waals surface area (Å²) in [5, 5.41) is 3.10. The molecular formula is C39H51N3O5. The molecule has 2 fully saturated rings. The van der Waals surface area contributed by atoms with Crippen molar-refractivity contribution in [1.82, 2.24) is 4.98 Å². The molecule has 5 rings (SSSR count). The molecule has 2 aliphatic rings. The summed E-state index contributed by atoms with van der Waals surface area (Å²) in [7, 11) is 1.65. The zero-order chi connectivity index (χ0) is 33.6. The number of esters is 1. The number of anilines is 2. The van der Waals surface area contributed by atoms with Crippen LogP contribution in [0.15, 0.2) is 60.8 Å². The Morgan fingerprint density at radius 3 is 2.55 bits per heavy atom. The third-order valence-electron chi connectivity index (χ3n) is 9.20. The van der Waals surface area contributed by atoms with Gasteiger partial charge in [0.2, 0.25) is 0 Å². The van der Waals surface area contributed by atoms with Gasteiger partial charge in [-0.25, -0.2) is 4.98 Å². The molecule has 0 unspecified atom stereocenters. The lowest BCUT2D eigenvalue weighted by Gasteiger charge is -2.39. The third-order valence-corrected chi connectivity index (χ3v) is 9.20. The van der Waals surface area contributed by atoms with Gasteiger partial charge >= 0.3 is 5.97 Å². The second kappa shape index (κ2) is 15.2. The summed E-state index contributed by atoms with van der Waals surface area (Å²) in [4.78, 5) is 33.1. The summed E-state index contributed by atoms with van der Waals surface area (Å²) < 4.78 is 17.5. The fourth-order valence-corrected chi connectivity index (χ4v) is 6.28. The Kier molecular flexibility index (Phi) is 11.1. The second-order valence-corrected chi connectivity index (χ2v) is 14.5. The lowest BCUT2D eigenvalue weighted by atomic mass is 9.87. The standard InChI is InChI=1S/C39H51N3O5/c1-7-28(38(44)47-31-13-14-31)20-27-10-8-12-33(21-27)46-25-30-17-19-42(24-26(30)2)35-22-32(45-6)15-16-34(35)37(43)41-36-29(11-9-18-40-36)23-39(3,4)5/h8-12,15-16,18,21-22,26,28,30-31H,7,13-14,17,19-20,23-25H2,1-6H3,(H,40,41,43)/t26-,28+,30-/m1/s1. The van der Waals surface area contributed by atoms with E-state index in [1.807, 2.05) is 49.4 Å². The summed E-state index contributed by atoms with van der Waals surface area (Å²) >= 11 is 0. The first kappa shape index (κ1) is 34.3. The van der Waals surface area contributed by atoms with Crippen molar-refractivity contribution in [3.8, 4) is 11.5 Å². The Labute approximate surface area is 280 Å². The first-order chi connectivity index (χ1) is 22.5. The van der Waals surface area contributed by atoms with Crippen LogP contribution >= 0.6 is 0 Å². The number of piperidine rings is 1. The van der Waals surface area contributed by atoms with Crippen LogP contribution in [0.3, 0.4) is 0 Å². The van der Waals surface area contributed by atoms with Gasteiger partial charge in [-0.2, -0.15) is 0 Å². The average molecular weight is 642 g/mol. The first-order valence-corrected chi connectivity index (χ1v) is 17.1. The van der Waals surface area contributed by atoms with Crippen LogP contribution in [0.2, 0.25) is 0 Å². The van der Waals surface area contributed by atoms with Crippen LogP contribution in [0, 0.1) is 23.2 Å². The maximum atomic E-state index is 13.7.